The highest BCUT2D eigenvalue weighted by Crippen LogP contribution is 2.36. The molecule has 0 aromatic heterocycles. The molecule has 1 aromatic rings. The van der Waals surface area contributed by atoms with Crippen LogP contribution in [0.15, 0.2) is 30.3 Å². The Labute approximate surface area is 146 Å². The topological polar surface area (TPSA) is 74.3 Å². The molecule has 136 valence electrons. The summed E-state index contributed by atoms with van der Waals surface area (Å²) in [7, 11) is 1.32. The van der Waals surface area contributed by atoms with Gasteiger partial charge in [-0.15, -0.1) is 0 Å². The Bertz CT molecular complexity index is 599. The molecule has 0 radical (unpaired) electrons. The van der Waals surface area contributed by atoms with Crippen LogP contribution >= 0.6 is 0 Å². The first-order valence-corrected chi connectivity index (χ1v) is 8.46. The fourth-order valence-corrected chi connectivity index (χ4v) is 3.22. The van der Waals surface area contributed by atoms with Gasteiger partial charge >= 0.3 is 12.1 Å². The molecule has 1 unspecified atom stereocenters. The maximum atomic E-state index is 12.4. The smallest absolute Gasteiger partial charge is 0.410 e. The Balaban J connectivity index is 1.64. The zero-order chi connectivity index (χ0) is 17.7. The lowest BCUT2D eigenvalue weighted by molar-refractivity contribution is -0.305. The molecule has 0 bridgehead atoms. The highest BCUT2D eigenvalue weighted by atomic mass is 16.7. The maximum absolute atomic E-state index is 12.4. The zero-order valence-corrected chi connectivity index (χ0v) is 14.3. The van der Waals surface area contributed by atoms with Gasteiger partial charge in [-0.2, -0.15) is 0 Å². The molecule has 0 N–H and O–H groups in total. The number of hydrogen-bond acceptors (Lipinski definition) is 6. The van der Waals surface area contributed by atoms with E-state index in [-0.39, 0.29) is 13.2 Å². The van der Waals surface area contributed by atoms with E-state index in [1.165, 1.54) is 12.0 Å². The van der Waals surface area contributed by atoms with Gasteiger partial charge in [-0.25, -0.2) is 4.79 Å². The van der Waals surface area contributed by atoms with Gasteiger partial charge in [0, 0.05) is 19.5 Å². The van der Waals surface area contributed by atoms with Crippen molar-refractivity contribution in [2.45, 2.75) is 25.2 Å². The van der Waals surface area contributed by atoms with Gasteiger partial charge in [0.15, 0.2) is 5.79 Å². The van der Waals surface area contributed by atoms with Gasteiger partial charge in [-0.3, -0.25) is 4.79 Å². The van der Waals surface area contributed by atoms with Crippen LogP contribution < -0.4 is 0 Å². The van der Waals surface area contributed by atoms with Crippen LogP contribution in [0.2, 0.25) is 0 Å². The van der Waals surface area contributed by atoms with Gasteiger partial charge in [0.05, 0.1) is 20.3 Å². The summed E-state index contributed by atoms with van der Waals surface area (Å²) in [6.45, 7) is 1.82. The number of benzene rings is 1. The number of hydrogen-bond donors (Lipinski definition) is 0. The third-order valence-corrected chi connectivity index (χ3v) is 4.59. The molecular weight excluding hydrogens is 326 g/mol. The average Bonchev–Trinajstić information content (AvgIpc) is 2.67. The largest absolute Gasteiger partial charge is 0.469 e. The molecule has 1 atom stereocenters. The van der Waals surface area contributed by atoms with E-state index < -0.39 is 23.8 Å². The number of carbonyl (C=O) groups is 2. The summed E-state index contributed by atoms with van der Waals surface area (Å²) >= 11 is 0. The first-order valence-electron chi connectivity index (χ1n) is 8.46. The summed E-state index contributed by atoms with van der Waals surface area (Å²) in [5, 5.41) is 0. The van der Waals surface area contributed by atoms with Crippen LogP contribution in [0.4, 0.5) is 4.79 Å². The second kappa shape index (κ2) is 7.84. The zero-order valence-electron chi connectivity index (χ0n) is 14.3. The van der Waals surface area contributed by atoms with Gasteiger partial charge in [0.2, 0.25) is 0 Å². The van der Waals surface area contributed by atoms with E-state index >= 15 is 0 Å². The SMILES string of the molecule is COC(=O)C1CN(C(=O)OCc2ccccc2)CCC12OCCCO2. The quantitative estimate of drug-likeness (QED) is 0.777. The predicted molar refractivity (Wildman–Crippen MR) is 87.6 cm³/mol. The summed E-state index contributed by atoms with van der Waals surface area (Å²) < 4.78 is 21.9. The molecule has 2 aliphatic rings. The van der Waals surface area contributed by atoms with Gasteiger partial charge in [-0.05, 0) is 12.0 Å². The molecule has 2 heterocycles. The minimum Gasteiger partial charge on any atom is -0.469 e. The van der Waals surface area contributed by atoms with Crippen molar-refractivity contribution >= 4 is 12.1 Å². The van der Waals surface area contributed by atoms with Crippen molar-refractivity contribution in [1.82, 2.24) is 4.90 Å². The van der Waals surface area contributed by atoms with E-state index in [1.807, 2.05) is 30.3 Å². The fourth-order valence-electron chi connectivity index (χ4n) is 3.22. The van der Waals surface area contributed by atoms with Gasteiger partial charge in [-0.1, -0.05) is 30.3 Å². The third-order valence-electron chi connectivity index (χ3n) is 4.59. The number of piperidine rings is 1. The summed E-state index contributed by atoms with van der Waals surface area (Å²) in [4.78, 5) is 26.1. The van der Waals surface area contributed by atoms with E-state index in [2.05, 4.69) is 0 Å². The van der Waals surface area contributed by atoms with Crippen LogP contribution in [0.25, 0.3) is 0 Å². The minimum atomic E-state index is -0.998. The molecule has 0 saturated carbocycles. The first kappa shape index (κ1) is 17.7. The highest BCUT2D eigenvalue weighted by molar-refractivity contribution is 5.76. The van der Waals surface area contributed by atoms with Gasteiger partial charge in [0.25, 0.3) is 0 Å². The number of amides is 1. The van der Waals surface area contributed by atoms with E-state index in [9.17, 15) is 9.59 Å². The number of ether oxygens (including phenoxy) is 4. The molecule has 2 fully saturated rings. The fraction of sp³-hybridized carbons (Fsp3) is 0.556. The molecule has 7 nitrogen and oxygen atoms in total. The number of likely N-dealkylation sites (tertiary alicyclic amines) is 1. The molecule has 2 aliphatic heterocycles. The number of methoxy groups -OCH3 is 1. The molecule has 1 aromatic carbocycles. The van der Waals surface area contributed by atoms with Crippen molar-refractivity contribution in [3.8, 4) is 0 Å². The summed E-state index contributed by atoms with van der Waals surface area (Å²) in [5.41, 5.74) is 0.910. The molecule has 0 aliphatic carbocycles. The monoisotopic (exact) mass is 349 g/mol. The first-order chi connectivity index (χ1) is 12.1. The van der Waals surface area contributed by atoms with Crippen LogP contribution in [0.5, 0.6) is 0 Å². The Morgan fingerprint density at radius 3 is 2.64 bits per heavy atom. The van der Waals surface area contributed by atoms with Crippen LogP contribution in [0.3, 0.4) is 0 Å². The minimum absolute atomic E-state index is 0.153. The van der Waals surface area contributed by atoms with Gasteiger partial charge < -0.3 is 23.8 Å². The van der Waals surface area contributed by atoms with E-state index in [0.29, 0.717) is 26.2 Å². The maximum Gasteiger partial charge on any atom is 0.410 e. The molecule has 25 heavy (non-hydrogen) atoms. The van der Waals surface area contributed by atoms with E-state index in [4.69, 9.17) is 18.9 Å². The Hall–Kier alpha value is -2.12. The van der Waals surface area contributed by atoms with Crippen LogP contribution in [-0.2, 0) is 30.3 Å². The van der Waals surface area contributed by atoms with Crippen LogP contribution in [0, 0.1) is 5.92 Å². The Kier molecular flexibility index (Phi) is 5.55. The van der Waals surface area contributed by atoms with Crippen molar-refractivity contribution in [3.63, 3.8) is 0 Å². The van der Waals surface area contributed by atoms with Crippen molar-refractivity contribution < 1.29 is 28.5 Å². The molecule has 1 spiro atoms. The second-order valence-corrected chi connectivity index (χ2v) is 6.17. The molecule has 7 heteroatoms. The number of rotatable bonds is 3. The number of esters is 1. The van der Waals surface area contributed by atoms with E-state index in [1.54, 1.807) is 0 Å². The summed E-state index contributed by atoms with van der Waals surface area (Å²) in [6.07, 6.45) is 0.745. The average molecular weight is 349 g/mol. The highest BCUT2D eigenvalue weighted by Gasteiger charge is 2.52. The van der Waals surface area contributed by atoms with Crippen LogP contribution in [0.1, 0.15) is 18.4 Å². The van der Waals surface area contributed by atoms with Crippen molar-refractivity contribution in [1.29, 1.82) is 0 Å². The van der Waals surface area contributed by atoms with Crippen molar-refractivity contribution in [3.05, 3.63) is 35.9 Å². The molecule has 2 saturated heterocycles. The molecule has 1 amide bonds. The lowest BCUT2D eigenvalue weighted by atomic mass is 9.90. The molecule has 3 rings (SSSR count). The van der Waals surface area contributed by atoms with E-state index in [0.717, 1.165) is 12.0 Å². The Morgan fingerprint density at radius 1 is 1.24 bits per heavy atom. The normalized spacial score (nSPS) is 22.4. The molecular formula is C18H23NO6. The number of nitrogens with zero attached hydrogens (tertiary/aromatic N) is 1. The Morgan fingerprint density at radius 2 is 1.96 bits per heavy atom. The number of carbonyl (C=O) groups excluding carboxylic acids is 2. The lowest BCUT2D eigenvalue weighted by Gasteiger charge is -2.46. The van der Waals surface area contributed by atoms with Crippen molar-refractivity contribution in [2.75, 3.05) is 33.4 Å². The van der Waals surface area contributed by atoms with Crippen molar-refractivity contribution in [2.24, 2.45) is 5.92 Å². The van der Waals surface area contributed by atoms with Gasteiger partial charge in [0.1, 0.15) is 12.5 Å². The standard InChI is InChI=1S/C18H23NO6/c1-22-16(20)15-12-19(9-8-18(15)24-10-5-11-25-18)17(21)23-13-14-6-3-2-4-7-14/h2-4,6-7,15H,5,8-13H2,1H3. The lowest BCUT2D eigenvalue weighted by Crippen LogP contribution is -2.60. The third kappa shape index (κ3) is 3.93. The predicted octanol–water partition coefficient (Wildman–Crippen LogP) is 1.95. The summed E-state index contributed by atoms with van der Waals surface area (Å²) in [6, 6.07) is 9.46. The second-order valence-electron chi connectivity index (χ2n) is 6.17. The van der Waals surface area contributed by atoms with Crippen LogP contribution in [-0.4, -0.2) is 56.2 Å². The summed E-state index contributed by atoms with van der Waals surface area (Å²) in [5.74, 6) is -2.13.